The highest BCUT2D eigenvalue weighted by Crippen LogP contribution is 2.09. The average molecular weight is 414 g/mol. The zero-order valence-electron chi connectivity index (χ0n) is 15.0. The van der Waals surface area contributed by atoms with Crippen molar-refractivity contribution in [1.29, 1.82) is 0 Å². The van der Waals surface area contributed by atoms with E-state index >= 15 is 0 Å². The van der Waals surface area contributed by atoms with Crippen molar-refractivity contribution in [2.24, 2.45) is 0 Å². The van der Waals surface area contributed by atoms with Crippen molar-refractivity contribution in [3.05, 3.63) is 71.0 Å². The molecule has 3 rings (SSSR count). The highest BCUT2D eigenvalue weighted by atomic mass is 35.5. The lowest BCUT2D eigenvalue weighted by Gasteiger charge is -2.09. The number of benzene rings is 2. The first-order chi connectivity index (χ1) is 14.0. The summed E-state index contributed by atoms with van der Waals surface area (Å²) in [6.45, 7) is 0.115. The van der Waals surface area contributed by atoms with Gasteiger partial charge in [0.05, 0.1) is 5.69 Å². The van der Waals surface area contributed by atoms with Crippen LogP contribution in [-0.2, 0) is 4.79 Å². The molecule has 3 N–H and O–H groups in total. The number of rotatable bonds is 6. The molecule has 1 aromatic heterocycles. The smallest absolute Gasteiger partial charge is 0.269 e. The lowest BCUT2D eigenvalue weighted by atomic mass is 10.2. The van der Waals surface area contributed by atoms with Crippen molar-refractivity contribution < 1.29 is 14.4 Å². The summed E-state index contributed by atoms with van der Waals surface area (Å²) in [5, 5.41) is 14.0. The zero-order chi connectivity index (χ0) is 20.6. The van der Waals surface area contributed by atoms with Gasteiger partial charge in [-0.3, -0.25) is 25.2 Å². The minimum Gasteiger partial charge on any atom is -0.352 e. The Morgan fingerprint density at radius 3 is 2.21 bits per heavy atom. The van der Waals surface area contributed by atoms with Crippen LogP contribution in [0.25, 0.3) is 5.69 Å². The van der Waals surface area contributed by atoms with Crippen LogP contribution in [0.4, 0.5) is 0 Å². The predicted molar refractivity (Wildman–Crippen MR) is 103 cm³/mol. The largest absolute Gasteiger partial charge is 0.352 e. The van der Waals surface area contributed by atoms with Crippen LogP contribution in [0.1, 0.15) is 27.1 Å². The number of hydrogen-bond donors (Lipinski definition) is 3. The van der Waals surface area contributed by atoms with Gasteiger partial charge in [-0.25, -0.2) is 4.68 Å². The van der Waals surface area contributed by atoms with Crippen molar-refractivity contribution in [1.82, 2.24) is 36.4 Å². The van der Waals surface area contributed by atoms with Gasteiger partial charge in [-0.15, -0.1) is 5.10 Å². The molecule has 0 aliphatic heterocycles. The van der Waals surface area contributed by atoms with E-state index in [4.69, 9.17) is 11.6 Å². The number of nitrogens with one attached hydrogen (secondary N) is 3. The number of nitrogens with zero attached hydrogens (tertiary/aromatic N) is 4. The molecule has 2 aromatic carbocycles. The number of tetrazole rings is 1. The normalized spacial score (nSPS) is 10.2. The lowest BCUT2D eigenvalue weighted by molar-refractivity contribution is -0.121. The third-order valence-electron chi connectivity index (χ3n) is 3.80. The van der Waals surface area contributed by atoms with Crippen LogP contribution in [0.15, 0.2) is 54.9 Å². The number of hydrogen-bond acceptors (Lipinski definition) is 6. The third-order valence-corrected chi connectivity index (χ3v) is 4.05. The van der Waals surface area contributed by atoms with Gasteiger partial charge in [-0.05, 0) is 59.0 Å². The Morgan fingerprint density at radius 1 is 0.897 bits per heavy atom. The Morgan fingerprint density at radius 2 is 1.55 bits per heavy atom. The molecule has 0 bridgehead atoms. The fraction of sp³-hybridized carbons (Fsp3) is 0.111. The quantitative estimate of drug-likeness (QED) is 0.514. The zero-order valence-corrected chi connectivity index (χ0v) is 15.8. The Balaban J connectivity index is 1.40. The van der Waals surface area contributed by atoms with Crippen molar-refractivity contribution in [2.45, 2.75) is 6.42 Å². The monoisotopic (exact) mass is 413 g/mol. The van der Waals surface area contributed by atoms with Crippen molar-refractivity contribution in [3.8, 4) is 5.69 Å². The summed E-state index contributed by atoms with van der Waals surface area (Å²) in [7, 11) is 0. The first-order valence-corrected chi connectivity index (χ1v) is 8.87. The molecular weight excluding hydrogens is 398 g/mol. The van der Waals surface area contributed by atoms with Gasteiger partial charge in [0.25, 0.3) is 11.8 Å². The Bertz CT molecular complexity index is 989. The standard InChI is InChI=1S/C18H16ClN7O3/c19-14-5-1-12(2-6-14)17(28)20-10-9-16(27)22-23-18(29)13-3-7-15(8-4-13)26-11-21-24-25-26/h1-8,11H,9-10H2,(H,20,28)(H,22,27)(H,23,29). The Kier molecular flexibility index (Phi) is 6.48. The highest BCUT2D eigenvalue weighted by molar-refractivity contribution is 6.30. The number of carbonyl (C=O) groups is 3. The maximum atomic E-state index is 12.1. The number of halogens is 1. The van der Waals surface area contributed by atoms with Gasteiger partial charge in [0.1, 0.15) is 6.33 Å². The first kappa shape index (κ1) is 20.0. The molecule has 10 nitrogen and oxygen atoms in total. The molecule has 0 fully saturated rings. The molecule has 0 atom stereocenters. The minimum atomic E-state index is -0.480. The van der Waals surface area contributed by atoms with Gasteiger partial charge in [-0.1, -0.05) is 11.6 Å². The van der Waals surface area contributed by atoms with E-state index in [1.54, 1.807) is 48.5 Å². The molecule has 3 amide bonds. The maximum Gasteiger partial charge on any atom is 0.269 e. The number of aromatic nitrogens is 4. The summed E-state index contributed by atoms with van der Waals surface area (Å²) in [4.78, 5) is 35.9. The Hall–Kier alpha value is -3.79. The average Bonchev–Trinajstić information content (AvgIpc) is 3.27. The Labute approximate surface area is 170 Å². The summed E-state index contributed by atoms with van der Waals surface area (Å²) in [5.74, 6) is -1.24. The molecule has 29 heavy (non-hydrogen) atoms. The van der Waals surface area contributed by atoms with Gasteiger partial charge in [-0.2, -0.15) is 0 Å². The molecule has 0 unspecified atom stereocenters. The van der Waals surface area contributed by atoms with Crippen LogP contribution >= 0.6 is 11.6 Å². The summed E-state index contributed by atoms with van der Waals surface area (Å²) < 4.78 is 1.45. The lowest BCUT2D eigenvalue weighted by Crippen LogP contribution is -2.42. The van der Waals surface area contributed by atoms with E-state index < -0.39 is 11.8 Å². The van der Waals surface area contributed by atoms with Gasteiger partial charge < -0.3 is 5.32 Å². The van der Waals surface area contributed by atoms with Crippen LogP contribution in [0, 0.1) is 0 Å². The summed E-state index contributed by atoms with van der Waals surface area (Å²) in [6, 6.07) is 12.9. The van der Waals surface area contributed by atoms with E-state index in [9.17, 15) is 14.4 Å². The summed E-state index contributed by atoms with van der Waals surface area (Å²) in [6.07, 6.45) is 1.43. The number of carbonyl (C=O) groups excluding carboxylic acids is 3. The fourth-order valence-corrected chi connectivity index (χ4v) is 2.43. The van der Waals surface area contributed by atoms with E-state index in [0.29, 0.717) is 21.8 Å². The van der Waals surface area contributed by atoms with Crippen molar-refractivity contribution in [2.75, 3.05) is 6.54 Å². The van der Waals surface area contributed by atoms with Gasteiger partial charge in [0.15, 0.2) is 0 Å². The minimum absolute atomic E-state index is 0.00214. The summed E-state index contributed by atoms with van der Waals surface area (Å²) in [5.41, 5.74) is 6.09. The molecule has 11 heteroatoms. The number of hydrazine groups is 1. The van der Waals surface area contributed by atoms with Crippen LogP contribution in [0.3, 0.4) is 0 Å². The topological polar surface area (TPSA) is 131 Å². The van der Waals surface area contributed by atoms with Gasteiger partial charge >= 0.3 is 0 Å². The molecule has 0 spiro atoms. The van der Waals surface area contributed by atoms with Gasteiger partial charge in [0.2, 0.25) is 5.91 Å². The second-order valence-electron chi connectivity index (χ2n) is 5.82. The van der Waals surface area contributed by atoms with Gasteiger partial charge in [0, 0.05) is 29.1 Å². The molecule has 0 radical (unpaired) electrons. The van der Waals surface area contributed by atoms with Crippen LogP contribution in [0.2, 0.25) is 5.02 Å². The maximum absolute atomic E-state index is 12.1. The molecule has 1 heterocycles. The highest BCUT2D eigenvalue weighted by Gasteiger charge is 2.09. The molecule has 0 aliphatic carbocycles. The molecule has 0 saturated heterocycles. The van der Waals surface area contributed by atoms with E-state index in [0.717, 1.165) is 0 Å². The van der Waals surface area contributed by atoms with E-state index in [-0.39, 0.29) is 18.9 Å². The SMILES string of the molecule is O=C(CCNC(=O)c1ccc(Cl)cc1)NNC(=O)c1ccc(-n2cnnn2)cc1. The second kappa shape index (κ2) is 9.42. The number of amides is 3. The van der Waals surface area contributed by atoms with E-state index in [1.165, 1.54) is 11.0 Å². The first-order valence-electron chi connectivity index (χ1n) is 8.49. The summed E-state index contributed by atoms with van der Waals surface area (Å²) >= 11 is 5.77. The van der Waals surface area contributed by atoms with Crippen molar-refractivity contribution in [3.63, 3.8) is 0 Å². The molecule has 3 aromatic rings. The van der Waals surface area contributed by atoms with Crippen LogP contribution in [-0.4, -0.2) is 44.5 Å². The third kappa shape index (κ3) is 5.59. The fourth-order valence-electron chi connectivity index (χ4n) is 2.30. The second-order valence-corrected chi connectivity index (χ2v) is 6.25. The van der Waals surface area contributed by atoms with Crippen LogP contribution < -0.4 is 16.2 Å². The van der Waals surface area contributed by atoms with Crippen molar-refractivity contribution >= 4 is 29.3 Å². The predicted octanol–water partition coefficient (Wildman–Crippen LogP) is 0.897. The van der Waals surface area contributed by atoms with E-state index in [2.05, 4.69) is 31.7 Å². The van der Waals surface area contributed by atoms with E-state index in [1.807, 2.05) is 0 Å². The molecule has 148 valence electrons. The molecule has 0 saturated carbocycles. The molecule has 0 aliphatic rings. The van der Waals surface area contributed by atoms with Crippen LogP contribution in [0.5, 0.6) is 0 Å². The molecular formula is C18H16ClN7O3.